The van der Waals surface area contributed by atoms with E-state index in [-0.39, 0.29) is 16.8 Å². The number of ether oxygens (including phenoxy) is 1. The summed E-state index contributed by atoms with van der Waals surface area (Å²) in [5, 5.41) is 0.112. The Balaban J connectivity index is 1.86. The molecule has 0 saturated carbocycles. The highest BCUT2D eigenvalue weighted by Crippen LogP contribution is 2.31. The van der Waals surface area contributed by atoms with Crippen molar-refractivity contribution >= 4 is 46.6 Å². The van der Waals surface area contributed by atoms with Crippen molar-refractivity contribution in [1.29, 1.82) is 0 Å². The number of nitrogens with zero attached hydrogens (tertiary/aromatic N) is 2. The van der Waals surface area contributed by atoms with Gasteiger partial charge in [0.1, 0.15) is 11.3 Å². The maximum Gasteiger partial charge on any atom is 0.270 e. The van der Waals surface area contributed by atoms with Crippen LogP contribution in [0.1, 0.15) is 19.4 Å². The summed E-state index contributed by atoms with van der Waals surface area (Å²) in [4.78, 5) is 29.9. The van der Waals surface area contributed by atoms with E-state index in [1.807, 2.05) is 74.5 Å². The Morgan fingerprint density at radius 1 is 0.750 bits per heavy atom. The summed E-state index contributed by atoms with van der Waals surface area (Å²) >= 11 is 5.63. The van der Waals surface area contributed by atoms with Gasteiger partial charge >= 0.3 is 0 Å². The topological polar surface area (TPSA) is 49.9 Å². The van der Waals surface area contributed by atoms with Crippen molar-refractivity contribution in [1.82, 2.24) is 0 Å². The largest absolute Gasteiger partial charge is 0.490 e. The second kappa shape index (κ2) is 9.16. The van der Waals surface area contributed by atoms with Gasteiger partial charge < -0.3 is 4.74 Å². The summed E-state index contributed by atoms with van der Waals surface area (Å²) in [5.41, 5.74) is 1.83. The molecule has 0 aromatic heterocycles. The summed E-state index contributed by atoms with van der Waals surface area (Å²) in [6, 6.07) is 25.5. The molecule has 6 heteroatoms. The lowest BCUT2D eigenvalue weighted by molar-refractivity contribution is -0.120. The first-order valence-corrected chi connectivity index (χ1v) is 10.7. The Hall–Kier alpha value is -3.77. The molecule has 2 amide bonds. The van der Waals surface area contributed by atoms with Gasteiger partial charge in [-0.2, -0.15) is 0 Å². The molecule has 1 aliphatic rings. The van der Waals surface area contributed by atoms with Gasteiger partial charge in [-0.1, -0.05) is 54.6 Å². The van der Waals surface area contributed by atoms with E-state index < -0.39 is 11.8 Å². The molecule has 0 N–H and O–H groups in total. The average Bonchev–Trinajstić information content (AvgIpc) is 2.79. The Labute approximate surface area is 192 Å². The number of anilines is 2. The molecule has 0 atom stereocenters. The van der Waals surface area contributed by atoms with Gasteiger partial charge in [-0.3, -0.25) is 19.4 Å². The lowest BCUT2D eigenvalue weighted by atomic mass is 10.0. The number of thiocarbonyl (C=S) groups is 1. The molecular weight excluding hydrogens is 420 g/mol. The molecule has 0 spiro atoms. The van der Waals surface area contributed by atoms with Crippen LogP contribution in [0.4, 0.5) is 11.4 Å². The molecule has 0 unspecified atom stereocenters. The third-order valence-corrected chi connectivity index (χ3v) is 5.23. The Kier molecular flexibility index (Phi) is 6.14. The highest BCUT2D eigenvalue weighted by Gasteiger charge is 2.41. The molecule has 0 aliphatic carbocycles. The van der Waals surface area contributed by atoms with E-state index in [1.54, 1.807) is 30.3 Å². The van der Waals surface area contributed by atoms with Crippen molar-refractivity contribution in [2.24, 2.45) is 0 Å². The van der Waals surface area contributed by atoms with Crippen LogP contribution < -0.4 is 14.5 Å². The number of rotatable bonds is 5. The highest BCUT2D eigenvalue weighted by atomic mass is 32.1. The van der Waals surface area contributed by atoms with Gasteiger partial charge in [0, 0.05) is 5.56 Å². The molecule has 0 bridgehead atoms. The third-order valence-electron chi connectivity index (χ3n) is 4.86. The van der Waals surface area contributed by atoms with E-state index >= 15 is 0 Å². The minimum absolute atomic E-state index is 0.00566. The molecular formula is C26H22N2O3S. The fourth-order valence-electron chi connectivity index (χ4n) is 3.46. The number of hydrogen-bond donors (Lipinski definition) is 0. The minimum Gasteiger partial charge on any atom is -0.490 e. The number of hydrogen-bond acceptors (Lipinski definition) is 4. The van der Waals surface area contributed by atoms with Gasteiger partial charge in [0.25, 0.3) is 11.8 Å². The number of carbonyl (C=O) groups is 2. The first-order chi connectivity index (χ1) is 15.5. The summed E-state index contributed by atoms with van der Waals surface area (Å²) in [6.07, 6.45) is 1.53. The molecule has 1 heterocycles. The number of carbonyl (C=O) groups excluding carboxylic acids is 2. The standard InChI is InChI=1S/C26H22N2O3S/c1-18(2)31-23-16-10-9-11-19(23)17-22-24(29)27(20-12-5-3-6-13-20)26(32)28(25(22)30)21-14-7-4-8-15-21/h3-18H,1-2H3. The first-order valence-electron chi connectivity index (χ1n) is 10.3. The van der Waals surface area contributed by atoms with Crippen LogP contribution in [0.15, 0.2) is 90.5 Å². The molecule has 3 aromatic rings. The summed E-state index contributed by atoms with van der Waals surface area (Å²) in [6.45, 7) is 3.85. The zero-order valence-corrected chi connectivity index (χ0v) is 18.6. The minimum atomic E-state index is -0.474. The van der Waals surface area contributed by atoms with Crippen LogP contribution in [0.2, 0.25) is 0 Å². The SMILES string of the molecule is CC(C)Oc1ccccc1C=C1C(=O)N(c2ccccc2)C(=S)N(c2ccccc2)C1=O. The summed E-state index contributed by atoms with van der Waals surface area (Å²) in [7, 11) is 0. The van der Waals surface area contributed by atoms with E-state index in [0.717, 1.165) is 0 Å². The maximum absolute atomic E-state index is 13.5. The molecule has 5 nitrogen and oxygen atoms in total. The molecule has 1 aliphatic heterocycles. The van der Waals surface area contributed by atoms with Gasteiger partial charge in [0.05, 0.1) is 17.5 Å². The second-order valence-electron chi connectivity index (χ2n) is 7.50. The van der Waals surface area contributed by atoms with E-state index in [9.17, 15) is 9.59 Å². The molecule has 0 radical (unpaired) electrons. The van der Waals surface area contributed by atoms with Crippen molar-refractivity contribution in [3.05, 3.63) is 96.1 Å². The predicted octanol–water partition coefficient (Wildman–Crippen LogP) is 5.22. The monoisotopic (exact) mass is 442 g/mol. The quantitative estimate of drug-likeness (QED) is 0.309. The van der Waals surface area contributed by atoms with Crippen LogP contribution in [-0.2, 0) is 9.59 Å². The molecule has 1 fully saturated rings. The predicted molar refractivity (Wildman–Crippen MR) is 131 cm³/mol. The molecule has 1 saturated heterocycles. The van der Waals surface area contributed by atoms with Crippen LogP contribution in [0.3, 0.4) is 0 Å². The van der Waals surface area contributed by atoms with Crippen molar-refractivity contribution in [2.45, 2.75) is 20.0 Å². The summed E-state index contributed by atoms with van der Waals surface area (Å²) < 4.78 is 5.88. The lowest BCUT2D eigenvalue weighted by Crippen LogP contribution is -2.56. The zero-order valence-electron chi connectivity index (χ0n) is 17.8. The fraction of sp³-hybridized carbons (Fsp3) is 0.115. The molecule has 160 valence electrons. The van der Waals surface area contributed by atoms with Crippen molar-refractivity contribution in [3.8, 4) is 5.75 Å². The van der Waals surface area contributed by atoms with E-state index in [2.05, 4.69) is 0 Å². The number of amides is 2. The van der Waals surface area contributed by atoms with Crippen LogP contribution in [0.5, 0.6) is 5.75 Å². The summed E-state index contributed by atoms with van der Waals surface area (Å²) in [5.74, 6) is -0.350. The molecule has 3 aromatic carbocycles. The molecule has 4 rings (SSSR count). The van der Waals surface area contributed by atoms with E-state index in [4.69, 9.17) is 17.0 Å². The number of benzene rings is 3. The van der Waals surface area contributed by atoms with Crippen molar-refractivity contribution < 1.29 is 14.3 Å². The lowest BCUT2D eigenvalue weighted by Gasteiger charge is -2.36. The molecule has 32 heavy (non-hydrogen) atoms. The third kappa shape index (κ3) is 4.18. The van der Waals surface area contributed by atoms with Gasteiger partial charge in [0.15, 0.2) is 5.11 Å². The number of para-hydroxylation sites is 3. The van der Waals surface area contributed by atoms with Gasteiger partial charge in [0.2, 0.25) is 0 Å². The fourth-order valence-corrected chi connectivity index (χ4v) is 3.83. The van der Waals surface area contributed by atoms with Gasteiger partial charge in [-0.25, -0.2) is 0 Å². The second-order valence-corrected chi connectivity index (χ2v) is 7.86. The highest BCUT2D eigenvalue weighted by molar-refractivity contribution is 7.81. The Bertz CT molecular complexity index is 1130. The van der Waals surface area contributed by atoms with Gasteiger partial charge in [-0.15, -0.1) is 0 Å². The van der Waals surface area contributed by atoms with E-state index in [1.165, 1.54) is 9.80 Å². The van der Waals surface area contributed by atoms with E-state index in [0.29, 0.717) is 22.7 Å². The van der Waals surface area contributed by atoms with Crippen molar-refractivity contribution in [3.63, 3.8) is 0 Å². The zero-order chi connectivity index (χ0) is 22.7. The smallest absolute Gasteiger partial charge is 0.270 e. The van der Waals surface area contributed by atoms with Crippen LogP contribution in [0.25, 0.3) is 6.08 Å². The average molecular weight is 443 g/mol. The van der Waals surface area contributed by atoms with Crippen LogP contribution in [-0.4, -0.2) is 23.0 Å². The van der Waals surface area contributed by atoms with Crippen LogP contribution in [0, 0.1) is 0 Å². The van der Waals surface area contributed by atoms with Gasteiger partial charge in [-0.05, 0) is 62.5 Å². The van der Waals surface area contributed by atoms with Crippen molar-refractivity contribution in [2.75, 3.05) is 9.80 Å². The maximum atomic E-state index is 13.5. The normalized spacial score (nSPS) is 14.2. The van der Waals surface area contributed by atoms with Crippen LogP contribution >= 0.6 is 12.2 Å². The Morgan fingerprint density at radius 2 is 1.22 bits per heavy atom. The Morgan fingerprint density at radius 3 is 1.72 bits per heavy atom. The first kappa shape index (κ1) is 21.5.